The van der Waals surface area contributed by atoms with Crippen molar-refractivity contribution in [1.82, 2.24) is 19.8 Å². The molecule has 1 aromatic carbocycles. The fraction of sp³-hybridized carbons (Fsp3) is 0.435. The van der Waals surface area contributed by atoms with Crippen LogP contribution in [0.5, 0.6) is 0 Å². The molecule has 1 saturated heterocycles. The van der Waals surface area contributed by atoms with E-state index in [0.717, 1.165) is 54.1 Å². The number of imidazole rings is 1. The lowest BCUT2D eigenvalue weighted by atomic mass is 9.99. The summed E-state index contributed by atoms with van der Waals surface area (Å²) in [5, 5.41) is 4.86. The molecule has 0 bridgehead atoms. The number of carbonyl (C=O) groups is 2. The Labute approximate surface area is 180 Å². The minimum absolute atomic E-state index is 0.0343. The lowest BCUT2D eigenvalue weighted by molar-refractivity contribution is -0.133. The molecular weight excluding hydrogens is 396 g/mol. The highest BCUT2D eigenvalue weighted by molar-refractivity contribution is 7.12. The summed E-state index contributed by atoms with van der Waals surface area (Å²) in [6.45, 7) is 4.84. The first-order valence-electron chi connectivity index (χ1n) is 10.7. The largest absolute Gasteiger partial charge is 0.351 e. The zero-order chi connectivity index (χ0) is 20.9. The smallest absolute Gasteiger partial charge is 0.261 e. The predicted molar refractivity (Wildman–Crippen MR) is 120 cm³/mol. The number of aryl methyl sites for hydroxylation is 1. The van der Waals surface area contributed by atoms with Crippen LogP contribution in [0.3, 0.4) is 0 Å². The summed E-state index contributed by atoms with van der Waals surface area (Å²) in [7, 11) is 0. The van der Waals surface area contributed by atoms with Crippen molar-refractivity contribution in [2.24, 2.45) is 5.92 Å². The molecule has 0 aliphatic carbocycles. The summed E-state index contributed by atoms with van der Waals surface area (Å²) in [5.41, 5.74) is 1.91. The van der Waals surface area contributed by atoms with E-state index in [0.29, 0.717) is 25.4 Å². The molecule has 30 heavy (non-hydrogen) atoms. The predicted octanol–water partition coefficient (Wildman–Crippen LogP) is 3.72. The fourth-order valence-electron chi connectivity index (χ4n) is 3.93. The van der Waals surface area contributed by atoms with Gasteiger partial charge in [0.25, 0.3) is 5.91 Å². The number of nitrogens with zero attached hydrogens (tertiary/aromatic N) is 3. The Morgan fingerprint density at radius 2 is 1.97 bits per heavy atom. The Balaban J connectivity index is 1.41. The number of para-hydroxylation sites is 2. The van der Waals surface area contributed by atoms with Gasteiger partial charge in [0.15, 0.2) is 0 Å². The van der Waals surface area contributed by atoms with Gasteiger partial charge in [-0.05, 0) is 48.8 Å². The highest BCUT2D eigenvalue weighted by Crippen LogP contribution is 2.20. The third-order valence-corrected chi connectivity index (χ3v) is 6.64. The maximum atomic E-state index is 12.9. The molecule has 0 saturated carbocycles. The first kappa shape index (κ1) is 20.6. The monoisotopic (exact) mass is 424 g/mol. The number of rotatable bonds is 7. The van der Waals surface area contributed by atoms with Crippen LogP contribution in [0.1, 0.15) is 41.7 Å². The normalized spacial score (nSPS) is 14.9. The Hall–Kier alpha value is -2.67. The maximum Gasteiger partial charge on any atom is 0.261 e. The van der Waals surface area contributed by atoms with E-state index in [1.807, 2.05) is 46.7 Å². The van der Waals surface area contributed by atoms with Crippen LogP contribution in [0.25, 0.3) is 11.0 Å². The van der Waals surface area contributed by atoms with E-state index in [9.17, 15) is 9.59 Å². The van der Waals surface area contributed by atoms with Crippen molar-refractivity contribution in [3.05, 3.63) is 52.5 Å². The van der Waals surface area contributed by atoms with Crippen molar-refractivity contribution in [3.63, 3.8) is 0 Å². The number of aromatic nitrogens is 2. The van der Waals surface area contributed by atoms with Crippen LogP contribution >= 0.6 is 11.3 Å². The topological polar surface area (TPSA) is 67.2 Å². The Bertz CT molecular complexity index is 1000. The molecule has 0 radical (unpaired) electrons. The van der Waals surface area contributed by atoms with Gasteiger partial charge in [-0.1, -0.05) is 25.1 Å². The minimum atomic E-state index is -0.0343. The van der Waals surface area contributed by atoms with Gasteiger partial charge in [0, 0.05) is 26.1 Å². The molecule has 1 fully saturated rings. The molecule has 1 aliphatic rings. The minimum Gasteiger partial charge on any atom is -0.351 e. The molecule has 4 rings (SSSR count). The van der Waals surface area contributed by atoms with Gasteiger partial charge in [0.05, 0.1) is 15.9 Å². The van der Waals surface area contributed by atoms with E-state index >= 15 is 0 Å². The van der Waals surface area contributed by atoms with E-state index < -0.39 is 0 Å². The van der Waals surface area contributed by atoms with Crippen LogP contribution in [0.2, 0.25) is 0 Å². The van der Waals surface area contributed by atoms with Crippen molar-refractivity contribution in [1.29, 1.82) is 0 Å². The molecule has 0 unspecified atom stereocenters. The molecule has 6 nitrogen and oxygen atoms in total. The Kier molecular flexibility index (Phi) is 6.47. The molecular formula is C23H28N4O2S. The second-order valence-corrected chi connectivity index (χ2v) is 8.95. The number of carbonyl (C=O) groups excluding carboxylic acids is 2. The van der Waals surface area contributed by atoms with E-state index in [1.54, 1.807) is 0 Å². The zero-order valence-electron chi connectivity index (χ0n) is 17.3. The van der Waals surface area contributed by atoms with Crippen LogP contribution in [0.4, 0.5) is 0 Å². The number of fused-ring (bicyclic) bond motifs is 1. The van der Waals surface area contributed by atoms with Crippen molar-refractivity contribution in [3.8, 4) is 0 Å². The summed E-state index contributed by atoms with van der Waals surface area (Å²) in [6.07, 6.45) is 3.64. The number of likely N-dealkylation sites (tertiary alicyclic amines) is 1. The zero-order valence-corrected chi connectivity index (χ0v) is 18.2. The average molecular weight is 425 g/mol. The highest BCUT2D eigenvalue weighted by atomic mass is 32.1. The fourth-order valence-corrected chi connectivity index (χ4v) is 4.57. The standard InChI is InChI=1S/C23H28N4O2S/c1-17-10-13-26(14-11-17)22(28)16-27-19-7-3-2-6-18(19)25-21(27)9-4-12-24-23(29)20-8-5-15-30-20/h2-3,5-8,15,17H,4,9-14,16H2,1H3,(H,24,29). The first-order chi connectivity index (χ1) is 14.6. The molecule has 1 N–H and O–H groups in total. The Morgan fingerprint density at radius 1 is 1.17 bits per heavy atom. The number of thiophene rings is 1. The third kappa shape index (κ3) is 4.73. The van der Waals surface area contributed by atoms with Crippen molar-refractivity contribution >= 4 is 34.2 Å². The van der Waals surface area contributed by atoms with E-state index in [1.165, 1.54) is 11.3 Å². The number of piperidine rings is 1. The van der Waals surface area contributed by atoms with Crippen molar-refractivity contribution < 1.29 is 9.59 Å². The number of benzene rings is 1. The average Bonchev–Trinajstić information content (AvgIpc) is 3.40. The Morgan fingerprint density at radius 3 is 2.73 bits per heavy atom. The first-order valence-corrected chi connectivity index (χ1v) is 11.5. The molecule has 1 aliphatic heterocycles. The molecule has 7 heteroatoms. The molecule has 2 aromatic heterocycles. The number of nitrogens with one attached hydrogen (secondary N) is 1. The maximum absolute atomic E-state index is 12.9. The van der Waals surface area contributed by atoms with Crippen LogP contribution in [0, 0.1) is 5.92 Å². The lowest BCUT2D eigenvalue weighted by Gasteiger charge is -2.30. The van der Waals surface area contributed by atoms with E-state index in [2.05, 4.69) is 16.8 Å². The molecule has 2 amide bonds. The summed E-state index contributed by atoms with van der Waals surface area (Å²) in [6, 6.07) is 11.7. The number of amides is 2. The molecule has 158 valence electrons. The van der Waals surface area contributed by atoms with Gasteiger partial charge in [-0.15, -0.1) is 11.3 Å². The van der Waals surface area contributed by atoms with E-state index in [4.69, 9.17) is 4.98 Å². The van der Waals surface area contributed by atoms with Crippen LogP contribution in [-0.4, -0.2) is 45.9 Å². The SMILES string of the molecule is CC1CCN(C(=O)Cn2c(CCCNC(=O)c3cccs3)nc3ccccc32)CC1. The summed E-state index contributed by atoms with van der Waals surface area (Å²) in [5.74, 6) is 1.73. The van der Waals surface area contributed by atoms with Crippen LogP contribution < -0.4 is 5.32 Å². The van der Waals surface area contributed by atoms with Crippen molar-refractivity contribution in [2.45, 2.75) is 39.2 Å². The van der Waals surface area contributed by atoms with Gasteiger partial charge >= 0.3 is 0 Å². The molecule has 0 spiro atoms. The quantitative estimate of drug-likeness (QED) is 0.588. The molecule has 3 aromatic rings. The van der Waals surface area contributed by atoms with Gasteiger partial charge in [-0.3, -0.25) is 9.59 Å². The summed E-state index contributed by atoms with van der Waals surface area (Å²) in [4.78, 5) is 32.5. The second kappa shape index (κ2) is 9.43. The van der Waals surface area contributed by atoms with Gasteiger partial charge in [-0.25, -0.2) is 4.98 Å². The van der Waals surface area contributed by atoms with Gasteiger partial charge in [0.2, 0.25) is 5.91 Å². The van der Waals surface area contributed by atoms with Gasteiger partial charge in [0.1, 0.15) is 12.4 Å². The number of hydrogen-bond acceptors (Lipinski definition) is 4. The van der Waals surface area contributed by atoms with Gasteiger partial charge < -0.3 is 14.8 Å². The second-order valence-electron chi connectivity index (χ2n) is 8.00. The third-order valence-electron chi connectivity index (χ3n) is 5.77. The summed E-state index contributed by atoms with van der Waals surface area (Å²) >= 11 is 1.44. The molecule has 0 atom stereocenters. The van der Waals surface area contributed by atoms with Crippen LogP contribution in [-0.2, 0) is 17.8 Å². The van der Waals surface area contributed by atoms with Crippen LogP contribution in [0.15, 0.2) is 41.8 Å². The van der Waals surface area contributed by atoms with Crippen molar-refractivity contribution in [2.75, 3.05) is 19.6 Å². The molecule has 3 heterocycles. The summed E-state index contributed by atoms with van der Waals surface area (Å²) < 4.78 is 2.05. The number of hydrogen-bond donors (Lipinski definition) is 1. The highest BCUT2D eigenvalue weighted by Gasteiger charge is 2.22. The van der Waals surface area contributed by atoms with E-state index in [-0.39, 0.29) is 11.8 Å². The van der Waals surface area contributed by atoms with Gasteiger partial charge in [-0.2, -0.15) is 0 Å². The lowest BCUT2D eigenvalue weighted by Crippen LogP contribution is -2.40.